The molecular weight excluding hydrogens is 211 g/mol. The summed E-state index contributed by atoms with van der Waals surface area (Å²) in [5.41, 5.74) is 0.0728. The second-order valence-corrected chi connectivity index (χ2v) is 5.72. The molecule has 0 fully saturated rings. The van der Waals surface area contributed by atoms with E-state index in [0.29, 0.717) is 12.2 Å². The summed E-state index contributed by atoms with van der Waals surface area (Å²) in [6, 6.07) is 8.63. The molecule has 0 aliphatic heterocycles. The van der Waals surface area contributed by atoms with Gasteiger partial charge in [0.15, 0.2) is 0 Å². The van der Waals surface area contributed by atoms with Crippen molar-refractivity contribution in [3.05, 3.63) is 35.9 Å². The van der Waals surface area contributed by atoms with Gasteiger partial charge < -0.3 is 4.52 Å². The van der Waals surface area contributed by atoms with Crippen LogP contribution in [0.15, 0.2) is 30.3 Å². The van der Waals surface area contributed by atoms with Crippen LogP contribution in [0.25, 0.3) is 0 Å². The normalized spacial score (nSPS) is 14.5. The predicted molar refractivity (Wildman–Crippen MR) is 60.5 cm³/mol. The molecule has 4 heteroatoms. The lowest BCUT2D eigenvalue weighted by atomic mass is 10.2. The Kier molecular flexibility index (Phi) is 4.25. The van der Waals surface area contributed by atoms with Crippen LogP contribution in [0.3, 0.4) is 0 Å². The lowest BCUT2D eigenvalue weighted by Crippen LogP contribution is -2.06. The molecule has 0 aromatic heterocycles. The van der Waals surface area contributed by atoms with Crippen molar-refractivity contribution in [3.63, 3.8) is 0 Å². The van der Waals surface area contributed by atoms with Crippen LogP contribution in [0.4, 0.5) is 0 Å². The van der Waals surface area contributed by atoms with Crippen LogP contribution in [0, 0.1) is 0 Å². The molecule has 3 nitrogen and oxygen atoms in total. The van der Waals surface area contributed by atoms with E-state index in [1.807, 2.05) is 6.07 Å². The van der Waals surface area contributed by atoms with Gasteiger partial charge in [0.25, 0.3) is 7.37 Å². The Bertz CT molecular complexity index is 373. The smallest absolute Gasteiger partial charge is 0.271 e. The Morgan fingerprint density at radius 3 is 2.33 bits per heavy atom. The van der Waals surface area contributed by atoms with Gasteiger partial charge in [-0.1, -0.05) is 37.3 Å². The molecule has 1 rings (SSSR count). The van der Waals surface area contributed by atoms with E-state index >= 15 is 0 Å². The minimum atomic E-state index is -3.15. The van der Waals surface area contributed by atoms with E-state index in [2.05, 4.69) is 0 Å². The molecule has 1 atom stereocenters. The molecule has 0 saturated carbocycles. The maximum atomic E-state index is 12.1. The number of hydrogen-bond acceptors (Lipinski definition) is 3. The highest BCUT2D eigenvalue weighted by Gasteiger charge is 2.31. The third-order valence-corrected chi connectivity index (χ3v) is 4.47. The highest BCUT2D eigenvalue weighted by atomic mass is 31.2. The van der Waals surface area contributed by atoms with Gasteiger partial charge in [-0.3, -0.25) is 9.36 Å². The fourth-order valence-corrected chi connectivity index (χ4v) is 2.83. The number of benzene rings is 1. The minimum Gasteiger partial charge on any atom is -0.323 e. The van der Waals surface area contributed by atoms with Gasteiger partial charge >= 0.3 is 0 Å². The Morgan fingerprint density at radius 2 is 1.87 bits per heavy atom. The van der Waals surface area contributed by atoms with Crippen LogP contribution >= 0.6 is 7.37 Å². The van der Waals surface area contributed by atoms with Gasteiger partial charge in [-0.15, -0.1) is 0 Å². The lowest BCUT2D eigenvalue weighted by molar-refractivity contribution is 0.105. The van der Waals surface area contributed by atoms with E-state index in [-0.39, 0.29) is 11.7 Å². The first kappa shape index (κ1) is 12.2. The summed E-state index contributed by atoms with van der Waals surface area (Å²) < 4.78 is 17.2. The molecule has 0 N–H and O–H groups in total. The van der Waals surface area contributed by atoms with Crippen molar-refractivity contribution < 1.29 is 13.9 Å². The van der Waals surface area contributed by atoms with E-state index in [9.17, 15) is 9.36 Å². The number of rotatable bonds is 5. The van der Waals surface area contributed by atoms with Gasteiger partial charge in [0.1, 0.15) is 0 Å². The summed E-state index contributed by atoms with van der Waals surface area (Å²) in [5, 5.41) is 0. The summed E-state index contributed by atoms with van der Waals surface area (Å²) in [6.45, 7) is 3.74. The molecule has 0 aliphatic rings. The Labute approximate surface area is 89.9 Å². The maximum Gasteiger partial charge on any atom is 0.271 e. The van der Waals surface area contributed by atoms with Crippen LogP contribution in [-0.2, 0) is 9.09 Å². The number of carbonyl (C=O) groups is 1. The number of carbonyl (C=O) groups excluding carboxylic acids is 1. The molecule has 82 valence electrons. The van der Waals surface area contributed by atoms with Crippen molar-refractivity contribution in [2.45, 2.75) is 13.8 Å². The molecule has 15 heavy (non-hydrogen) atoms. The van der Waals surface area contributed by atoms with Crippen LogP contribution in [-0.4, -0.2) is 18.3 Å². The number of hydrogen-bond donors (Lipinski definition) is 0. The summed E-state index contributed by atoms with van der Waals surface area (Å²) in [4.78, 5) is 11.9. The average Bonchev–Trinajstić information content (AvgIpc) is 2.29. The fraction of sp³-hybridized carbons (Fsp3) is 0.364. The molecule has 1 aromatic rings. The largest absolute Gasteiger partial charge is 0.323 e. The van der Waals surface area contributed by atoms with Gasteiger partial charge in [-0.05, 0) is 6.92 Å². The predicted octanol–water partition coefficient (Wildman–Crippen LogP) is 3.16. The summed E-state index contributed by atoms with van der Waals surface area (Å²) >= 11 is 0. The topological polar surface area (TPSA) is 43.4 Å². The Hall–Kier alpha value is -0.920. The molecule has 0 radical (unpaired) electrons. The van der Waals surface area contributed by atoms with Gasteiger partial charge in [0, 0.05) is 11.7 Å². The molecule has 0 aliphatic carbocycles. The van der Waals surface area contributed by atoms with Crippen molar-refractivity contribution in [2.75, 3.05) is 12.8 Å². The maximum absolute atomic E-state index is 12.1. The van der Waals surface area contributed by atoms with Crippen molar-refractivity contribution in [2.24, 2.45) is 0 Å². The SMILES string of the molecule is CCOP(=O)(CC)C(=O)c1ccccc1. The quantitative estimate of drug-likeness (QED) is 0.724. The summed E-state index contributed by atoms with van der Waals surface area (Å²) in [5.74, 6) is 0. The van der Waals surface area contributed by atoms with Gasteiger partial charge in [-0.2, -0.15) is 0 Å². The highest BCUT2D eigenvalue weighted by molar-refractivity contribution is 7.76. The zero-order chi connectivity index (χ0) is 11.3. The monoisotopic (exact) mass is 226 g/mol. The Balaban J connectivity index is 2.97. The molecule has 1 unspecified atom stereocenters. The van der Waals surface area contributed by atoms with Crippen molar-refractivity contribution >= 4 is 12.9 Å². The van der Waals surface area contributed by atoms with Crippen LogP contribution in [0.5, 0.6) is 0 Å². The second-order valence-electron chi connectivity index (χ2n) is 3.08. The molecular formula is C11H15O3P. The fourth-order valence-electron chi connectivity index (χ4n) is 1.28. The van der Waals surface area contributed by atoms with Gasteiger partial charge in [0.05, 0.1) is 6.61 Å². The Morgan fingerprint density at radius 1 is 1.27 bits per heavy atom. The second kappa shape index (κ2) is 5.24. The van der Waals surface area contributed by atoms with Crippen LogP contribution in [0.2, 0.25) is 0 Å². The minimum absolute atomic E-state index is 0.245. The molecule has 0 saturated heterocycles. The van der Waals surface area contributed by atoms with Crippen LogP contribution in [0.1, 0.15) is 24.2 Å². The third-order valence-electron chi connectivity index (χ3n) is 2.08. The van der Waals surface area contributed by atoms with Crippen molar-refractivity contribution in [1.82, 2.24) is 0 Å². The third kappa shape index (κ3) is 2.77. The molecule has 0 heterocycles. The van der Waals surface area contributed by atoms with E-state index in [1.165, 1.54) is 0 Å². The first-order valence-electron chi connectivity index (χ1n) is 4.97. The van der Waals surface area contributed by atoms with Gasteiger partial charge in [-0.25, -0.2) is 0 Å². The zero-order valence-electron chi connectivity index (χ0n) is 8.97. The van der Waals surface area contributed by atoms with E-state index in [1.54, 1.807) is 38.1 Å². The zero-order valence-corrected chi connectivity index (χ0v) is 9.87. The molecule has 0 spiro atoms. The summed E-state index contributed by atoms with van der Waals surface area (Å²) in [6.07, 6.45) is 0.245. The molecule has 1 aromatic carbocycles. The molecule has 0 amide bonds. The average molecular weight is 226 g/mol. The lowest BCUT2D eigenvalue weighted by Gasteiger charge is -2.14. The van der Waals surface area contributed by atoms with Crippen molar-refractivity contribution in [1.29, 1.82) is 0 Å². The van der Waals surface area contributed by atoms with Gasteiger partial charge in [0.2, 0.25) is 5.52 Å². The highest BCUT2D eigenvalue weighted by Crippen LogP contribution is 2.49. The summed E-state index contributed by atoms with van der Waals surface area (Å²) in [7, 11) is -3.15. The first-order chi connectivity index (χ1) is 7.14. The standard InChI is InChI=1S/C11H15O3P/c1-3-14-15(13,4-2)11(12)10-8-6-5-7-9-10/h5-9H,3-4H2,1-2H3. The van der Waals surface area contributed by atoms with Crippen molar-refractivity contribution in [3.8, 4) is 0 Å². The van der Waals surface area contributed by atoms with E-state index < -0.39 is 7.37 Å². The first-order valence-corrected chi connectivity index (χ1v) is 6.78. The van der Waals surface area contributed by atoms with E-state index in [4.69, 9.17) is 4.52 Å². The van der Waals surface area contributed by atoms with Crippen LogP contribution < -0.4 is 0 Å². The molecule has 0 bridgehead atoms. The van der Waals surface area contributed by atoms with E-state index in [0.717, 1.165) is 0 Å².